The van der Waals surface area contributed by atoms with Crippen molar-refractivity contribution in [1.82, 2.24) is 4.57 Å². The van der Waals surface area contributed by atoms with E-state index in [-0.39, 0.29) is 0 Å². The predicted octanol–water partition coefficient (Wildman–Crippen LogP) is 10.2. The van der Waals surface area contributed by atoms with E-state index in [1.807, 2.05) is 0 Å². The zero-order chi connectivity index (χ0) is 26.7. The van der Waals surface area contributed by atoms with Gasteiger partial charge in [0.1, 0.15) is 0 Å². The lowest BCUT2D eigenvalue weighted by atomic mass is 9.94. The number of allylic oxidation sites excluding steroid dienone is 1. The van der Waals surface area contributed by atoms with E-state index < -0.39 is 0 Å². The van der Waals surface area contributed by atoms with E-state index in [9.17, 15) is 0 Å². The molecule has 1 heteroatoms. The highest BCUT2D eigenvalue weighted by atomic mass is 15.0. The highest BCUT2D eigenvalue weighted by molar-refractivity contribution is 6.10. The van der Waals surface area contributed by atoms with Crippen LogP contribution in [0.5, 0.6) is 0 Å². The monoisotopic (exact) mass is 511 g/mol. The Bertz CT molecular complexity index is 1930. The first-order valence-corrected chi connectivity index (χ1v) is 13.8. The molecule has 0 bridgehead atoms. The molecule has 7 aromatic rings. The molecule has 0 unspecified atom stereocenters. The van der Waals surface area contributed by atoms with Gasteiger partial charge in [0.15, 0.2) is 0 Å². The Balaban J connectivity index is 1.24. The van der Waals surface area contributed by atoms with Crippen LogP contribution in [0.2, 0.25) is 0 Å². The Morgan fingerprint density at radius 3 is 1.85 bits per heavy atom. The molecule has 190 valence electrons. The minimum Gasteiger partial charge on any atom is -0.309 e. The molecule has 7 rings (SSSR count). The van der Waals surface area contributed by atoms with Gasteiger partial charge in [-0.2, -0.15) is 0 Å². The number of aromatic nitrogens is 1. The zero-order valence-corrected chi connectivity index (χ0v) is 22.2. The van der Waals surface area contributed by atoms with Crippen molar-refractivity contribution in [3.05, 3.63) is 174 Å². The van der Waals surface area contributed by atoms with Crippen LogP contribution in [0, 0.1) is 0 Å². The molecule has 6 aromatic carbocycles. The maximum absolute atomic E-state index is 2.36. The Hall–Kier alpha value is -5.14. The summed E-state index contributed by atoms with van der Waals surface area (Å²) in [6.45, 7) is 0. The number of hydrogen-bond donors (Lipinski definition) is 0. The minimum absolute atomic E-state index is 0.878. The van der Waals surface area contributed by atoms with Crippen LogP contribution in [0.15, 0.2) is 158 Å². The first-order valence-electron chi connectivity index (χ1n) is 13.8. The largest absolute Gasteiger partial charge is 0.309 e. The second-order valence-corrected chi connectivity index (χ2v) is 10.2. The second kappa shape index (κ2) is 10.6. The fourth-order valence-electron chi connectivity index (χ4n) is 5.68. The van der Waals surface area contributed by atoms with Crippen LogP contribution in [-0.2, 0) is 6.42 Å². The molecule has 0 aliphatic rings. The molecule has 0 saturated carbocycles. The summed E-state index contributed by atoms with van der Waals surface area (Å²) < 4.78 is 2.36. The molecule has 1 nitrogen and oxygen atoms in total. The number of rotatable bonds is 6. The highest BCUT2D eigenvalue weighted by Gasteiger charge is 2.13. The molecule has 0 aliphatic heterocycles. The summed E-state index contributed by atoms with van der Waals surface area (Å²) in [7, 11) is 0. The predicted molar refractivity (Wildman–Crippen MR) is 171 cm³/mol. The zero-order valence-electron chi connectivity index (χ0n) is 22.2. The molecule has 1 heterocycles. The van der Waals surface area contributed by atoms with E-state index >= 15 is 0 Å². The first kappa shape index (κ1) is 23.9. The summed E-state index contributed by atoms with van der Waals surface area (Å²) >= 11 is 0. The molecule has 0 saturated heterocycles. The fourth-order valence-corrected chi connectivity index (χ4v) is 5.68. The maximum atomic E-state index is 2.36. The van der Waals surface area contributed by atoms with Gasteiger partial charge in [0.25, 0.3) is 0 Å². The standard InChI is InChI=1S/C39H29N/c1-4-12-29(13-5-1)26-34(31-14-6-2-7-15-31)27-30-20-22-32(23-21-30)33-24-25-39-37(28-33)36-18-10-11-19-38(36)40(39)35-16-8-3-9-17-35/h1-26,28H,27H2/b34-26-. The Morgan fingerprint density at radius 2 is 1.10 bits per heavy atom. The van der Waals surface area contributed by atoms with Gasteiger partial charge in [-0.15, -0.1) is 0 Å². The average molecular weight is 512 g/mol. The van der Waals surface area contributed by atoms with Crippen LogP contribution in [0.1, 0.15) is 16.7 Å². The van der Waals surface area contributed by atoms with Gasteiger partial charge in [0.2, 0.25) is 0 Å². The molecule has 0 radical (unpaired) electrons. The molecular weight excluding hydrogens is 482 g/mol. The molecule has 0 fully saturated rings. The lowest BCUT2D eigenvalue weighted by Gasteiger charge is -2.11. The van der Waals surface area contributed by atoms with Gasteiger partial charge >= 0.3 is 0 Å². The molecule has 1 aromatic heterocycles. The van der Waals surface area contributed by atoms with E-state index in [1.54, 1.807) is 0 Å². The molecule has 0 N–H and O–H groups in total. The lowest BCUT2D eigenvalue weighted by Crippen LogP contribution is -1.93. The third kappa shape index (κ3) is 4.63. The van der Waals surface area contributed by atoms with Crippen LogP contribution in [0.3, 0.4) is 0 Å². The van der Waals surface area contributed by atoms with Gasteiger partial charge in [-0.1, -0.05) is 133 Å². The Morgan fingerprint density at radius 1 is 0.500 bits per heavy atom. The minimum atomic E-state index is 0.878. The topological polar surface area (TPSA) is 4.93 Å². The highest BCUT2D eigenvalue weighted by Crippen LogP contribution is 2.35. The van der Waals surface area contributed by atoms with E-state index in [1.165, 1.54) is 60.9 Å². The summed E-state index contributed by atoms with van der Waals surface area (Å²) in [5, 5.41) is 2.55. The van der Waals surface area contributed by atoms with Crippen LogP contribution >= 0.6 is 0 Å². The first-order chi connectivity index (χ1) is 19.8. The van der Waals surface area contributed by atoms with Gasteiger partial charge < -0.3 is 4.57 Å². The van der Waals surface area contributed by atoms with Crippen LogP contribution in [0.4, 0.5) is 0 Å². The summed E-state index contributed by atoms with van der Waals surface area (Å²) in [6.07, 6.45) is 3.18. The van der Waals surface area contributed by atoms with E-state index in [4.69, 9.17) is 0 Å². The van der Waals surface area contributed by atoms with Crippen LogP contribution < -0.4 is 0 Å². The number of hydrogen-bond acceptors (Lipinski definition) is 0. The third-order valence-electron chi connectivity index (χ3n) is 7.65. The second-order valence-electron chi connectivity index (χ2n) is 10.2. The number of fused-ring (bicyclic) bond motifs is 3. The fraction of sp³-hybridized carbons (Fsp3) is 0.0256. The van der Waals surface area contributed by atoms with Gasteiger partial charge in [0.05, 0.1) is 11.0 Å². The number of nitrogens with zero attached hydrogens (tertiary/aromatic N) is 1. The number of para-hydroxylation sites is 2. The third-order valence-corrected chi connectivity index (χ3v) is 7.65. The van der Waals surface area contributed by atoms with Gasteiger partial charge in [-0.3, -0.25) is 0 Å². The SMILES string of the molecule is C(=C(\Cc1ccc(-c2ccc3c(c2)c2ccccc2n3-c2ccccc2)cc1)c1ccccc1)/c1ccccc1. The van der Waals surface area contributed by atoms with Gasteiger partial charge in [-0.05, 0) is 70.1 Å². The quantitative estimate of drug-likeness (QED) is 0.196. The lowest BCUT2D eigenvalue weighted by molar-refractivity contribution is 1.18. The summed E-state index contributed by atoms with van der Waals surface area (Å²) in [4.78, 5) is 0. The van der Waals surface area contributed by atoms with E-state index in [0.29, 0.717) is 0 Å². The van der Waals surface area contributed by atoms with Crippen molar-refractivity contribution in [3.63, 3.8) is 0 Å². The smallest absolute Gasteiger partial charge is 0.0541 e. The van der Waals surface area contributed by atoms with Crippen molar-refractivity contribution < 1.29 is 0 Å². The molecule has 0 atom stereocenters. The summed E-state index contributed by atoms with van der Waals surface area (Å²) in [5.41, 5.74) is 11.2. The Kier molecular flexibility index (Phi) is 6.32. The molecule has 40 heavy (non-hydrogen) atoms. The van der Waals surface area contributed by atoms with Gasteiger partial charge in [-0.25, -0.2) is 0 Å². The summed E-state index contributed by atoms with van der Waals surface area (Å²) in [6, 6.07) is 56.5. The van der Waals surface area contributed by atoms with Crippen LogP contribution in [-0.4, -0.2) is 4.57 Å². The van der Waals surface area contributed by atoms with Crippen molar-refractivity contribution in [2.45, 2.75) is 6.42 Å². The molecular formula is C39H29N. The molecule has 0 spiro atoms. The molecule has 0 amide bonds. The van der Waals surface area contributed by atoms with E-state index in [2.05, 4.69) is 168 Å². The van der Waals surface area contributed by atoms with E-state index in [0.717, 1.165) is 6.42 Å². The van der Waals surface area contributed by atoms with Gasteiger partial charge in [0, 0.05) is 16.5 Å². The van der Waals surface area contributed by atoms with Crippen molar-refractivity contribution in [2.75, 3.05) is 0 Å². The number of benzene rings is 6. The summed E-state index contributed by atoms with van der Waals surface area (Å²) in [5.74, 6) is 0. The van der Waals surface area contributed by atoms with Crippen molar-refractivity contribution >= 4 is 33.5 Å². The Labute approximate surface area is 235 Å². The van der Waals surface area contributed by atoms with Crippen molar-refractivity contribution in [3.8, 4) is 16.8 Å². The maximum Gasteiger partial charge on any atom is 0.0541 e. The normalized spacial score (nSPS) is 11.8. The van der Waals surface area contributed by atoms with Crippen molar-refractivity contribution in [2.24, 2.45) is 0 Å². The average Bonchev–Trinajstić information content (AvgIpc) is 3.36. The van der Waals surface area contributed by atoms with Crippen LogP contribution in [0.25, 0.3) is 50.3 Å². The molecule has 0 aliphatic carbocycles. The van der Waals surface area contributed by atoms with Crippen molar-refractivity contribution in [1.29, 1.82) is 0 Å².